The lowest BCUT2D eigenvalue weighted by Gasteiger charge is -2.47. The van der Waals surface area contributed by atoms with Crippen molar-refractivity contribution < 1.29 is 0 Å². The quantitative estimate of drug-likeness (QED) is 0.735. The van der Waals surface area contributed by atoms with Gasteiger partial charge in [-0.25, -0.2) is 0 Å². The molecular formula is C12H26N2. The summed E-state index contributed by atoms with van der Waals surface area (Å²) in [5, 5.41) is 0. The summed E-state index contributed by atoms with van der Waals surface area (Å²) < 4.78 is 0. The minimum absolute atomic E-state index is 0.391. The van der Waals surface area contributed by atoms with Crippen LogP contribution in [0.15, 0.2) is 0 Å². The summed E-state index contributed by atoms with van der Waals surface area (Å²) in [6, 6.07) is 0.406. The summed E-state index contributed by atoms with van der Waals surface area (Å²) >= 11 is 0. The third-order valence-corrected chi connectivity index (χ3v) is 4.30. The normalized spacial score (nSPS) is 37.5. The van der Waals surface area contributed by atoms with E-state index in [0.717, 1.165) is 5.92 Å². The summed E-state index contributed by atoms with van der Waals surface area (Å²) in [6.07, 6.45) is 2.49. The van der Waals surface area contributed by atoms with Crippen LogP contribution in [0.5, 0.6) is 0 Å². The minimum atomic E-state index is 0.391. The van der Waals surface area contributed by atoms with Gasteiger partial charge in [-0.1, -0.05) is 20.8 Å². The molecule has 3 atom stereocenters. The molecule has 2 N–H and O–H groups in total. The lowest BCUT2D eigenvalue weighted by molar-refractivity contribution is 0.0381. The molecule has 84 valence electrons. The first-order valence-electron chi connectivity index (χ1n) is 5.76. The minimum Gasteiger partial charge on any atom is -0.327 e. The molecule has 1 saturated carbocycles. The fourth-order valence-electron chi connectivity index (χ4n) is 2.71. The van der Waals surface area contributed by atoms with E-state index < -0.39 is 0 Å². The maximum Gasteiger partial charge on any atom is 0.00698 e. The smallest absolute Gasteiger partial charge is 0.00698 e. The largest absolute Gasteiger partial charge is 0.327 e. The molecule has 1 aliphatic carbocycles. The van der Waals surface area contributed by atoms with Gasteiger partial charge in [0.05, 0.1) is 0 Å². The zero-order valence-corrected chi connectivity index (χ0v) is 10.4. The van der Waals surface area contributed by atoms with Gasteiger partial charge in [0.15, 0.2) is 0 Å². The zero-order valence-electron chi connectivity index (χ0n) is 10.4. The molecule has 0 radical (unpaired) electrons. The van der Waals surface area contributed by atoms with E-state index in [-0.39, 0.29) is 0 Å². The molecule has 0 spiro atoms. The topological polar surface area (TPSA) is 29.3 Å². The second-order valence-electron chi connectivity index (χ2n) is 5.81. The van der Waals surface area contributed by atoms with Crippen LogP contribution in [0.3, 0.4) is 0 Å². The van der Waals surface area contributed by atoms with Crippen molar-refractivity contribution in [2.45, 2.75) is 39.7 Å². The highest BCUT2D eigenvalue weighted by atomic mass is 15.1. The van der Waals surface area contributed by atoms with Crippen LogP contribution in [0.1, 0.15) is 33.6 Å². The molecule has 2 nitrogen and oxygen atoms in total. The Bertz CT molecular complexity index is 187. The highest BCUT2D eigenvalue weighted by molar-refractivity contribution is 4.93. The van der Waals surface area contributed by atoms with Gasteiger partial charge in [-0.3, -0.25) is 0 Å². The molecule has 2 heteroatoms. The van der Waals surface area contributed by atoms with Crippen molar-refractivity contribution in [1.82, 2.24) is 4.90 Å². The van der Waals surface area contributed by atoms with Crippen molar-refractivity contribution in [3.63, 3.8) is 0 Å². The van der Waals surface area contributed by atoms with Crippen molar-refractivity contribution in [3.05, 3.63) is 0 Å². The summed E-state index contributed by atoms with van der Waals surface area (Å²) in [5.74, 6) is 1.44. The number of rotatable bonds is 2. The molecule has 0 bridgehead atoms. The van der Waals surface area contributed by atoms with E-state index in [2.05, 4.69) is 39.8 Å². The van der Waals surface area contributed by atoms with E-state index >= 15 is 0 Å². The van der Waals surface area contributed by atoms with Crippen molar-refractivity contribution in [1.29, 1.82) is 0 Å². The first-order valence-corrected chi connectivity index (χ1v) is 5.76. The van der Waals surface area contributed by atoms with Gasteiger partial charge in [0.25, 0.3) is 0 Å². The molecule has 1 fully saturated rings. The van der Waals surface area contributed by atoms with Crippen LogP contribution in [0, 0.1) is 17.3 Å². The van der Waals surface area contributed by atoms with E-state index in [0.29, 0.717) is 17.4 Å². The first-order chi connectivity index (χ1) is 6.35. The average molecular weight is 198 g/mol. The van der Waals surface area contributed by atoms with Crippen LogP contribution in [-0.4, -0.2) is 31.6 Å². The Hall–Kier alpha value is -0.0800. The Morgan fingerprint density at radius 3 is 2.36 bits per heavy atom. The second-order valence-corrected chi connectivity index (χ2v) is 5.81. The Morgan fingerprint density at radius 1 is 1.29 bits per heavy atom. The van der Waals surface area contributed by atoms with Crippen molar-refractivity contribution in [2.24, 2.45) is 23.0 Å². The van der Waals surface area contributed by atoms with Gasteiger partial charge >= 0.3 is 0 Å². The molecule has 3 unspecified atom stereocenters. The molecule has 0 aromatic carbocycles. The first kappa shape index (κ1) is 12.0. The van der Waals surface area contributed by atoms with E-state index in [4.69, 9.17) is 5.73 Å². The number of hydrogen-bond acceptors (Lipinski definition) is 2. The van der Waals surface area contributed by atoms with Crippen LogP contribution in [0.25, 0.3) is 0 Å². The van der Waals surface area contributed by atoms with Crippen molar-refractivity contribution in [2.75, 3.05) is 20.6 Å². The maximum atomic E-state index is 6.13. The molecule has 0 heterocycles. The van der Waals surface area contributed by atoms with Gasteiger partial charge < -0.3 is 10.6 Å². The summed E-state index contributed by atoms with van der Waals surface area (Å²) in [6.45, 7) is 8.27. The van der Waals surface area contributed by atoms with Gasteiger partial charge in [-0.05, 0) is 44.2 Å². The van der Waals surface area contributed by atoms with Crippen molar-refractivity contribution in [3.8, 4) is 0 Å². The SMILES string of the molecule is CC1C(N)CCC(CN(C)C)C1(C)C. The molecule has 1 rings (SSSR count). The predicted octanol–water partition coefficient (Wildman–Crippen LogP) is 1.95. The number of hydrogen-bond donors (Lipinski definition) is 1. The molecule has 0 aliphatic heterocycles. The molecule has 0 amide bonds. The zero-order chi connectivity index (χ0) is 10.9. The molecule has 14 heavy (non-hydrogen) atoms. The van der Waals surface area contributed by atoms with Crippen LogP contribution in [-0.2, 0) is 0 Å². The number of nitrogens with zero attached hydrogens (tertiary/aromatic N) is 1. The van der Waals surface area contributed by atoms with E-state index in [1.807, 2.05) is 0 Å². The van der Waals surface area contributed by atoms with E-state index in [1.165, 1.54) is 19.4 Å². The van der Waals surface area contributed by atoms with E-state index in [1.54, 1.807) is 0 Å². The molecule has 0 saturated heterocycles. The standard InChI is InChI=1S/C12H26N2/c1-9-11(13)7-6-10(8-14(4)5)12(9,2)3/h9-11H,6-8,13H2,1-5H3. The van der Waals surface area contributed by atoms with Crippen LogP contribution in [0.4, 0.5) is 0 Å². The monoisotopic (exact) mass is 198 g/mol. The third kappa shape index (κ3) is 2.29. The fourth-order valence-corrected chi connectivity index (χ4v) is 2.71. The van der Waals surface area contributed by atoms with Crippen LogP contribution < -0.4 is 5.73 Å². The second kappa shape index (κ2) is 4.19. The van der Waals surface area contributed by atoms with Crippen molar-refractivity contribution >= 4 is 0 Å². The fraction of sp³-hybridized carbons (Fsp3) is 1.00. The molecular weight excluding hydrogens is 172 g/mol. The highest BCUT2D eigenvalue weighted by Gasteiger charge is 2.41. The maximum absolute atomic E-state index is 6.13. The summed E-state index contributed by atoms with van der Waals surface area (Å²) in [4.78, 5) is 2.30. The molecule has 0 aromatic heterocycles. The van der Waals surface area contributed by atoms with Gasteiger partial charge in [-0.2, -0.15) is 0 Å². The number of nitrogens with two attached hydrogens (primary N) is 1. The Kier molecular flexibility index (Phi) is 3.59. The summed E-state index contributed by atoms with van der Waals surface area (Å²) in [5.41, 5.74) is 6.52. The van der Waals surface area contributed by atoms with Gasteiger partial charge in [0, 0.05) is 12.6 Å². The molecule has 0 aromatic rings. The Balaban J connectivity index is 2.68. The lowest BCUT2D eigenvalue weighted by Crippen LogP contribution is -2.49. The Morgan fingerprint density at radius 2 is 1.86 bits per heavy atom. The van der Waals surface area contributed by atoms with E-state index in [9.17, 15) is 0 Å². The highest BCUT2D eigenvalue weighted by Crippen LogP contribution is 2.44. The van der Waals surface area contributed by atoms with Gasteiger partial charge in [-0.15, -0.1) is 0 Å². The Labute approximate surface area is 88.8 Å². The average Bonchev–Trinajstić information content (AvgIpc) is 2.07. The lowest BCUT2D eigenvalue weighted by atomic mass is 9.61. The predicted molar refractivity (Wildman–Crippen MR) is 62.2 cm³/mol. The third-order valence-electron chi connectivity index (χ3n) is 4.30. The molecule has 1 aliphatic rings. The van der Waals surface area contributed by atoms with Crippen LogP contribution in [0.2, 0.25) is 0 Å². The van der Waals surface area contributed by atoms with Gasteiger partial charge in [0.2, 0.25) is 0 Å². The van der Waals surface area contributed by atoms with Crippen LogP contribution >= 0.6 is 0 Å². The van der Waals surface area contributed by atoms with Gasteiger partial charge in [0.1, 0.15) is 0 Å². The summed E-state index contributed by atoms with van der Waals surface area (Å²) in [7, 11) is 4.32.